The van der Waals surface area contributed by atoms with Crippen LogP contribution in [0.2, 0.25) is 0 Å². The van der Waals surface area contributed by atoms with E-state index in [0.29, 0.717) is 62.4 Å². The van der Waals surface area contributed by atoms with Crippen molar-refractivity contribution in [2.75, 3.05) is 65.9 Å². The predicted molar refractivity (Wildman–Crippen MR) is 202 cm³/mol. The molecular formula is C40H47N5O8. The van der Waals surface area contributed by atoms with Crippen molar-refractivity contribution in [3.63, 3.8) is 0 Å². The monoisotopic (exact) mass is 725 g/mol. The van der Waals surface area contributed by atoms with Crippen LogP contribution in [0.25, 0.3) is 21.7 Å². The fourth-order valence-corrected chi connectivity index (χ4v) is 6.71. The molecule has 2 aliphatic rings. The van der Waals surface area contributed by atoms with Crippen molar-refractivity contribution in [1.82, 2.24) is 19.7 Å². The molecule has 1 aliphatic carbocycles. The number of H-pyrrole nitrogens is 1. The molecule has 1 aromatic heterocycles. The molecule has 0 saturated carbocycles. The van der Waals surface area contributed by atoms with Gasteiger partial charge in [-0.3, -0.25) is 9.59 Å². The summed E-state index contributed by atoms with van der Waals surface area (Å²) in [5.41, 5.74) is 2.97. The van der Waals surface area contributed by atoms with Crippen LogP contribution < -0.4 is 14.4 Å². The SMILES string of the molecule is CN(C)CCOc1ccc2[nH]c(C(=O)N3CCc4c3cc(OC(=O)N(C)CCN(C)C(=O)OC3/C=C/CCC(C(=O)O)CC3)c3ccccc43)cc2c1. The normalized spacial score (nSPS) is 17.6. The molecule has 13 nitrogen and oxygen atoms in total. The largest absolute Gasteiger partial charge is 0.492 e. The molecule has 2 atom stereocenters. The van der Waals surface area contributed by atoms with Gasteiger partial charge >= 0.3 is 18.2 Å². The van der Waals surface area contributed by atoms with Crippen LogP contribution in [0.4, 0.5) is 15.3 Å². The number of carboxylic acids is 1. The van der Waals surface area contributed by atoms with E-state index >= 15 is 0 Å². The summed E-state index contributed by atoms with van der Waals surface area (Å²) in [4.78, 5) is 61.4. The molecule has 1 aliphatic heterocycles. The van der Waals surface area contributed by atoms with E-state index in [9.17, 15) is 24.3 Å². The topological polar surface area (TPSA) is 145 Å². The van der Waals surface area contributed by atoms with Crippen molar-refractivity contribution in [1.29, 1.82) is 0 Å². The molecule has 0 radical (unpaired) electrons. The summed E-state index contributed by atoms with van der Waals surface area (Å²) < 4.78 is 17.5. The molecule has 0 saturated heterocycles. The van der Waals surface area contributed by atoms with Crippen molar-refractivity contribution in [2.45, 2.75) is 38.2 Å². The van der Waals surface area contributed by atoms with Gasteiger partial charge < -0.3 is 43.9 Å². The Labute approximate surface area is 308 Å². The second kappa shape index (κ2) is 16.4. The van der Waals surface area contributed by atoms with Gasteiger partial charge in [0, 0.05) is 62.6 Å². The van der Waals surface area contributed by atoms with Crippen LogP contribution in [0.3, 0.4) is 0 Å². The standard InChI is InChI=1S/C40H47N5O8/c1-42(2)21-22-51-29-15-16-33-27(23-29)24-34(41-33)37(46)45-18-17-31-30-11-7-8-12-32(30)36(25-35(31)45)53-40(50)44(4)20-19-43(3)39(49)52-28-10-6-5-9-26(13-14-28)38(47)48/h6-8,10-12,15-16,23-26,28,41H,5,9,13-14,17-22H2,1-4H3,(H,47,48)/b10-6+. The average Bonchev–Trinajstić information content (AvgIpc) is 3.75. The number of nitrogens with zero attached hydrogens (tertiary/aromatic N) is 4. The number of anilines is 1. The lowest BCUT2D eigenvalue weighted by atomic mass is 9.93. The molecule has 0 fully saturated rings. The Kier molecular flexibility index (Phi) is 11.5. The van der Waals surface area contributed by atoms with Crippen LogP contribution in [0.5, 0.6) is 11.5 Å². The zero-order valence-corrected chi connectivity index (χ0v) is 30.7. The Bertz CT molecular complexity index is 2020. The lowest BCUT2D eigenvalue weighted by Gasteiger charge is -2.25. The van der Waals surface area contributed by atoms with E-state index in [4.69, 9.17) is 14.2 Å². The Morgan fingerprint density at radius 1 is 0.887 bits per heavy atom. The van der Waals surface area contributed by atoms with E-state index in [1.807, 2.05) is 79.7 Å². The number of fused-ring (bicyclic) bond motifs is 4. The number of carbonyl (C=O) groups is 4. The number of aromatic amines is 1. The third-order valence-corrected chi connectivity index (χ3v) is 9.87. The molecule has 2 N–H and O–H groups in total. The highest BCUT2D eigenvalue weighted by molar-refractivity contribution is 6.11. The van der Waals surface area contributed by atoms with Crippen LogP contribution in [0.1, 0.15) is 41.7 Å². The highest BCUT2D eigenvalue weighted by Crippen LogP contribution is 2.41. The molecule has 0 bridgehead atoms. The van der Waals surface area contributed by atoms with Crippen molar-refractivity contribution in [3.05, 3.63) is 78.0 Å². The van der Waals surface area contributed by atoms with Gasteiger partial charge in [0.15, 0.2) is 0 Å². The summed E-state index contributed by atoms with van der Waals surface area (Å²) >= 11 is 0. The quantitative estimate of drug-likeness (QED) is 0.174. The van der Waals surface area contributed by atoms with Crippen LogP contribution >= 0.6 is 0 Å². The fraction of sp³-hybridized carbons (Fsp3) is 0.400. The molecule has 0 spiro atoms. The Morgan fingerprint density at radius 2 is 1.64 bits per heavy atom. The predicted octanol–water partition coefficient (Wildman–Crippen LogP) is 6.16. The molecule has 3 amide bonds. The van der Waals surface area contributed by atoms with E-state index in [0.717, 1.165) is 39.5 Å². The molecule has 3 aromatic carbocycles. The molecule has 280 valence electrons. The number of carbonyl (C=O) groups excluding carboxylic acids is 3. The number of benzene rings is 3. The number of aliphatic carboxylic acids is 1. The Balaban J connectivity index is 1.11. The van der Waals surface area contributed by atoms with Gasteiger partial charge in [0.1, 0.15) is 29.9 Å². The summed E-state index contributed by atoms with van der Waals surface area (Å²) in [6.45, 7) is 2.17. The van der Waals surface area contributed by atoms with Crippen LogP contribution in [0, 0.1) is 5.92 Å². The number of hydrogen-bond acceptors (Lipinski definition) is 8. The van der Waals surface area contributed by atoms with Gasteiger partial charge in [0.05, 0.1) is 11.6 Å². The number of ether oxygens (including phenoxy) is 3. The summed E-state index contributed by atoms with van der Waals surface area (Å²) in [5.74, 6) is -0.421. The molecule has 6 rings (SSSR count). The Hall–Kier alpha value is -5.56. The van der Waals surface area contributed by atoms with Crippen molar-refractivity contribution in [3.8, 4) is 11.5 Å². The first-order valence-corrected chi connectivity index (χ1v) is 18.0. The number of allylic oxidation sites excluding steroid dienone is 1. The van der Waals surface area contributed by atoms with Crippen molar-refractivity contribution >= 4 is 51.4 Å². The van der Waals surface area contributed by atoms with Gasteiger partial charge in [-0.2, -0.15) is 0 Å². The number of carboxylic acid groups (broad SMARTS) is 1. The lowest BCUT2D eigenvalue weighted by molar-refractivity contribution is -0.142. The van der Waals surface area contributed by atoms with Crippen molar-refractivity contribution in [2.24, 2.45) is 5.92 Å². The van der Waals surface area contributed by atoms with Gasteiger partial charge in [-0.15, -0.1) is 0 Å². The number of likely N-dealkylation sites (N-methyl/N-ethyl adjacent to an activating group) is 3. The average molecular weight is 726 g/mol. The summed E-state index contributed by atoms with van der Waals surface area (Å²) in [7, 11) is 7.15. The van der Waals surface area contributed by atoms with Gasteiger partial charge in [-0.1, -0.05) is 30.3 Å². The van der Waals surface area contributed by atoms with Crippen LogP contribution in [-0.2, 0) is 16.0 Å². The number of nitrogens with one attached hydrogen (secondary N) is 1. The highest BCUT2D eigenvalue weighted by atomic mass is 16.6. The zero-order valence-electron chi connectivity index (χ0n) is 30.7. The molecule has 2 unspecified atom stereocenters. The summed E-state index contributed by atoms with van der Waals surface area (Å²) in [5, 5.41) is 11.9. The maximum absolute atomic E-state index is 14.0. The lowest BCUT2D eigenvalue weighted by Crippen LogP contribution is -2.39. The number of amides is 3. The van der Waals surface area contributed by atoms with Gasteiger partial charge in [0.2, 0.25) is 0 Å². The maximum Gasteiger partial charge on any atom is 0.415 e. The van der Waals surface area contributed by atoms with E-state index < -0.39 is 30.2 Å². The van der Waals surface area contributed by atoms with E-state index in [2.05, 4.69) is 4.98 Å². The van der Waals surface area contributed by atoms with Crippen LogP contribution in [0.15, 0.2) is 66.7 Å². The third kappa shape index (κ3) is 8.74. The number of aromatic nitrogens is 1. The van der Waals surface area contributed by atoms with Crippen molar-refractivity contribution < 1.29 is 38.5 Å². The van der Waals surface area contributed by atoms with Gasteiger partial charge in [-0.05, 0) is 87.5 Å². The second-order valence-corrected chi connectivity index (χ2v) is 14.0. The zero-order chi connectivity index (χ0) is 37.6. The third-order valence-electron chi connectivity index (χ3n) is 9.87. The minimum Gasteiger partial charge on any atom is -0.492 e. The molecule has 53 heavy (non-hydrogen) atoms. The highest BCUT2D eigenvalue weighted by Gasteiger charge is 2.30. The number of hydrogen-bond donors (Lipinski definition) is 2. The smallest absolute Gasteiger partial charge is 0.415 e. The Morgan fingerprint density at radius 3 is 2.40 bits per heavy atom. The first-order chi connectivity index (χ1) is 25.5. The van der Waals surface area contributed by atoms with E-state index in [-0.39, 0.29) is 19.0 Å². The number of rotatable bonds is 11. The van der Waals surface area contributed by atoms with Gasteiger partial charge in [0.25, 0.3) is 5.91 Å². The van der Waals surface area contributed by atoms with Gasteiger partial charge in [-0.25, -0.2) is 9.59 Å². The maximum atomic E-state index is 14.0. The second-order valence-electron chi connectivity index (χ2n) is 14.0. The fourth-order valence-electron chi connectivity index (χ4n) is 6.71. The minimum absolute atomic E-state index is 0.169. The molecule has 13 heteroatoms. The summed E-state index contributed by atoms with van der Waals surface area (Å²) in [6, 6.07) is 17.0. The minimum atomic E-state index is -0.835. The molecular weight excluding hydrogens is 678 g/mol. The molecule has 4 aromatic rings. The van der Waals surface area contributed by atoms with E-state index in [1.165, 1.54) is 9.80 Å². The molecule has 2 heterocycles. The first-order valence-electron chi connectivity index (χ1n) is 18.0. The summed E-state index contributed by atoms with van der Waals surface area (Å²) in [6.07, 6.45) is 4.64. The van der Waals surface area contributed by atoms with Crippen LogP contribution in [-0.4, -0.2) is 116 Å². The first kappa shape index (κ1) is 37.2. The van der Waals surface area contributed by atoms with E-state index in [1.54, 1.807) is 25.1 Å².